The van der Waals surface area contributed by atoms with E-state index >= 15 is 0 Å². The van der Waals surface area contributed by atoms with Crippen LogP contribution >= 0.6 is 11.8 Å². The zero-order chi connectivity index (χ0) is 18.8. The van der Waals surface area contributed by atoms with Crippen LogP contribution in [0.4, 0.5) is 0 Å². The molecular weight excluding hydrogens is 368 g/mol. The molecule has 0 saturated carbocycles. The number of aryl methyl sites for hydroxylation is 1. The van der Waals surface area contributed by atoms with Crippen molar-refractivity contribution in [3.8, 4) is 28.7 Å². The molecule has 0 saturated heterocycles. The molecule has 4 rings (SSSR count). The Balaban J connectivity index is 1.47. The zero-order valence-electron chi connectivity index (χ0n) is 14.9. The van der Waals surface area contributed by atoms with Crippen molar-refractivity contribution in [1.29, 1.82) is 0 Å². The Hall–Kier alpha value is -3.07. The maximum atomic E-state index is 5.79. The highest BCUT2D eigenvalue weighted by Crippen LogP contribution is 2.36. The van der Waals surface area contributed by atoms with E-state index in [2.05, 4.69) is 20.4 Å². The van der Waals surface area contributed by atoms with Crippen molar-refractivity contribution in [3.05, 3.63) is 48.2 Å². The molecule has 0 aliphatic heterocycles. The van der Waals surface area contributed by atoms with Gasteiger partial charge >= 0.3 is 0 Å². The summed E-state index contributed by atoms with van der Waals surface area (Å²) in [5.41, 5.74) is 1.60. The number of ether oxygens (including phenoxy) is 1. The van der Waals surface area contributed by atoms with Crippen LogP contribution in [0.15, 0.2) is 55.1 Å². The standard InChI is InChI=1S/C18H16N4O4S/c1-10-14(8-9-24-10)17-21-22-18(26-17)27-11(2)15-19-20-16(25-15)12-4-6-13(23-3)7-5-12/h4-9,11H,1-3H3/t11-/m0/s1. The van der Waals surface area contributed by atoms with Crippen LogP contribution in [0.3, 0.4) is 0 Å². The van der Waals surface area contributed by atoms with Gasteiger partial charge in [0.1, 0.15) is 11.5 Å². The van der Waals surface area contributed by atoms with E-state index in [-0.39, 0.29) is 5.25 Å². The number of rotatable bonds is 6. The molecule has 4 aromatic rings. The summed E-state index contributed by atoms with van der Waals surface area (Å²) >= 11 is 1.35. The van der Waals surface area contributed by atoms with Crippen molar-refractivity contribution in [1.82, 2.24) is 20.4 Å². The zero-order valence-corrected chi connectivity index (χ0v) is 15.7. The van der Waals surface area contributed by atoms with E-state index in [0.29, 0.717) is 22.9 Å². The van der Waals surface area contributed by atoms with E-state index in [9.17, 15) is 0 Å². The number of nitrogens with zero attached hydrogens (tertiary/aromatic N) is 4. The fourth-order valence-electron chi connectivity index (χ4n) is 2.42. The molecule has 1 atom stereocenters. The van der Waals surface area contributed by atoms with E-state index < -0.39 is 0 Å². The summed E-state index contributed by atoms with van der Waals surface area (Å²) in [6.07, 6.45) is 1.59. The largest absolute Gasteiger partial charge is 0.497 e. The lowest BCUT2D eigenvalue weighted by atomic mass is 10.2. The van der Waals surface area contributed by atoms with Crippen LogP contribution in [-0.4, -0.2) is 27.5 Å². The number of thioether (sulfide) groups is 1. The molecule has 27 heavy (non-hydrogen) atoms. The Bertz CT molecular complexity index is 1040. The lowest BCUT2D eigenvalue weighted by Crippen LogP contribution is -1.88. The van der Waals surface area contributed by atoms with Crippen LogP contribution in [-0.2, 0) is 0 Å². The number of furan rings is 1. The Kier molecular flexibility index (Phi) is 4.68. The van der Waals surface area contributed by atoms with Crippen LogP contribution in [0.1, 0.15) is 23.8 Å². The topological polar surface area (TPSA) is 100 Å². The molecule has 0 aliphatic carbocycles. The molecule has 138 valence electrons. The second kappa shape index (κ2) is 7.28. The minimum absolute atomic E-state index is 0.150. The highest BCUT2D eigenvalue weighted by molar-refractivity contribution is 7.99. The van der Waals surface area contributed by atoms with Gasteiger partial charge in [-0.3, -0.25) is 0 Å². The summed E-state index contributed by atoms with van der Waals surface area (Å²) in [5, 5.41) is 16.6. The Morgan fingerprint density at radius 3 is 2.44 bits per heavy atom. The predicted octanol–water partition coefficient (Wildman–Crippen LogP) is 4.55. The lowest BCUT2D eigenvalue weighted by Gasteiger charge is -2.02. The lowest BCUT2D eigenvalue weighted by molar-refractivity contribution is 0.415. The summed E-state index contributed by atoms with van der Waals surface area (Å²) in [4.78, 5) is 0. The maximum Gasteiger partial charge on any atom is 0.277 e. The van der Waals surface area contributed by atoms with Gasteiger partial charge in [-0.15, -0.1) is 20.4 Å². The third-order valence-corrected chi connectivity index (χ3v) is 4.82. The van der Waals surface area contributed by atoms with Gasteiger partial charge in [-0.1, -0.05) is 11.8 Å². The number of hydrogen-bond donors (Lipinski definition) is 0. The molecule has 9 heteroatoms. The number of benzene rings is 1. The SMILES string of the molecule is COc1ccc(-c2nnc([C@H](C)Sc3nnc(-c4ccoc4C)o3)o2)cc1. The number of hydrogen-bond acceptors (Lipinski definition) is 9. The third-order valence-electron chi connectivity index (χ3n) is 3.90. The van der Waals surface area contributed by atoms with Crippen molar-refractivity contribution in [2.75, 3.05) is 7.11 Å². The van der Waals surface area contributed by atoms with Gasteiger partial charge in [-0.2, -0.15) is 0 Å². The molecule has 0 spiro atoms. The summed E-state index contributed by atoms with van der Waals surface area (Å²) in [6.45, 7) is 3.77. The molecule has 0 unspecified atom stereocenters. The number of methoxy groups -OCH3 is 1. The molecule has 0 N–H and O–H groups in total. The van der Waals surface area contributed by atoms with Crippen molar-refractivity contribution in [3.63, 3.8) is 0 Å². The Morgan fingerprint density at radius 1 is 0.963 bits per heavy atom. The molecule has 0 aliphatic rings. The molecule has 0 amide bonds. The summed E-state index contributed by atoms with van der Waals surface area (Å²) < 4.78 is 21.9. The Labute approximate surface area is 158 Å². The maximum absolute atomic E-state index is 5.79. The van der Waals surface area contributed by atoms with Crippen LogP contribution in [0.25, 0.3) is 22.9 Å². The molecule has 0 fully saturated rings. The van der Waals surface area contributed by atoms with Gasteiger partial charge in [0.05, 0.1) is 24.2 Å². The fraction of sp³-hybridized carbons (Fsp3) is 0.222. The number of aromatic nitrogens is 4. The molecule has 0 bridgehead atoms. The van der Waals surface area contributed by atoms with Crippen molar-refractivity contribution in [2.45, 2.75) is 24.3 Å². The molecule has 3 aromatic heterocycles. The first-order chi connectivity index (χ1) is 13.1. The minimum atomic E-state index is -0.150. The summed E-state index contributed by atoms with van der Waals surface area (Å²) in [5.74, 6) is 2.83. The normalized spacial score (nSPS) is 12.3. The monoisotopic (exact) mass is 384 g/mol. The average Bonchev–Trinajstić information content (AvgIpc) is 3.42. The Morgan fingerprint density at radius 2 is 1.74 bits per heavy atom. The van der Waals surface area contributed by atoms with Gasteiger partial charge in [-0.05, 0) is 44.2 Å². The van der Waals surface area contributed by atoms with Crippen LogP contribution in [0.5, 0.6) is 5.75 Å². The van der Waals surface area contributed by atoms with Gasteiger partial charge in [0, 0.05) is 5.56 Å². The predicted molar refractivity (Wildman–Crippen MR) is 97.3 cm³/mol. The first-order valence-electron chi connectivity index (χ1n) is 8.16. The fourth-order valence-corrected chi connectivity index (χ4v) is 3.14. The molecule has 8 nitrogen and oxygen atoms in total. The van der Waals surface area contributed by atoms with Gasteiger partial charge in [0.15, 0.2) is 0 Å². The van der Waals surface area contributed by atoms with Crippen molar-refractivity contribution in [2.24, 2.45) is 0 Å². The van der Waals surface area contributed by atoms with Crippen molar-refractivity contribution < 1.29 is 18.0 Å². The van der Waals surface area contributed by atoms with Gasteiger partial charge in [-0.25, -0.2) is 0 Å². The van der Waals surface area contributed by atoms with Gasteiger partial charge in [0.25, 0.3) is 11.1 Å². The summed E-state index contributed by atoms with van der Waals surface area (Å²) in [6, 6.07) is 9.21. The summed E-state index contributed by atoms with van der Waals surface area (Å²) in [7, 11) is 1.62. The second-order valence-corrected chi connectivity index (χ2v) is 6.99. The highest BCUT2D eigenvalue weighted by Gasteiger charge is 2.20. The first kappa shape index (κ1) is 17.3. The second-order valence-electron chi connectivity index (χ2n) is 5.70. The first-order valence-corrected chi connectivity index (χ1v) is 9.04. The van der Waals surface area contributed by atoms with Crippen LogP contribution in [0.2, 0.25) is 0 Å². The minimum Gasteiger partial charge on any atom is -0.497 e. The quantitative estimate of drug-likeness (QED) is 0.443. The average molecular weight is 384 g/mol. The molecule has 0 radical (unpaired) electrons. The van der Waals surface area contributed by atoms with E-state index in [4.69, 9.17) is 18.0 Å². The van der Waals surface area contributed by atoms with E-state index in [1.54, 1.807) is 19.4 Å². The van der Waals surface area contributed by atoms with Gasteiger partial charge < -0.3 is 18.0 Å². The van der Waals surface area contributed by atoms with E-state index in [0.717, 1.165) is 22.6 Å². The molecule has 1 aromatic carbocycles. The van der Waals surface area contributed by atoms with Crippen molar-refractivity contribution >= 4 is 11.8 Å². The smallest absolute Gasteiger partial charge is 0.277 e. The third kappa shape index (κ3) is 3.59. The van der Waals surface area contributed by atoms with E-state index in [1.165, 1.54) is 11.8 Å². The highest BCUT2D eigenvalue weighted by atomic mass is 32.2. The van der Waals surface area contributed by atoms with Gasteiger partial charge in [0.2, 0.25) is 11.8 Å². The molecule has 3 heterocycles. The molecular formula is C18H16N4O4S. The van der Waals surface area contributed by atoms with E-state index in [1.807, 2.05) is 38.1 Å². The van der Waals surface area contributed by atoms with Crippen LogP contribution in [0, 0.1) is 6.92 Å². The van der Waals surface area contributed by atoms with Crippen LogP contribution < -0.4 is 4.74 Å².